The van der Waals surface area contributed by atoms with Gasteiger partial charge >= 0.3 is 12.0 Å². The zero-order valence-electron chi connectivity index (χ0n) is 8.93. The minimum absolute atomic E-state index is 0.0150. The maximum absolute atomic E-state index is 11.5. The van der Waals surface area contributed by atoms with Crippen molar-refractivity contribution in [1.82, 2.24) is 9.55 Å². The molecule has 2 rings (SSSR count). The van der Waals surface area contributed by atoms with Crippen LogP contribution in [0, 0.1) is 0 Å². The highest BCUT2D eigenvalue weighted by atomic mass is 16.5. The third-order valence-electron chi connectivity index (χ3n) is 2.08. The number of ether oxygens (including phenoxy) is 1. The Morgan fingerprint density at radius 3 is 2.56 bits per heavy atom. The third kappa shape index (κ3) is 1.67. The molecule has 0 unspecified atom stereocenters. The van der Waals surface area contributed by atoms with E-state index >= 15 is 0 Å². The van der Waals surface area contributed by atoms with Crippen LogP contribution in [-0.2, 0) is 4.79 Å². The molecule has 0 bridgehead atoms. The van der Waals surface area contributed by atoms with Crippen molar-refractivity contribution in [2.45, 2.75) is 13.8 Å². The largest absolute Gasteiger partial charge is 0.392 e. The lowest BCUT2D eigenvalue weighted by Gasteiger charge is -2.02. The Labute approximate surface area is 91.6 Å². The first-order valence-electron chi connectivity index (χ1n) is 4.76. The van der Waals surface area contributed by atoms with Crippen LogP contribution in [0.15, 0.2) is 24.3 Å². The Bertz CT molecular complexity index is 572. The fourth-order valence-corrected chi connectivity index (χ4v) is 1.51. The summed E-state index contributed by atoms with van der Waals surface area (Å²) in [6.07, 6.45) is 0. The van der Waals surface area contributed by atoms with Gasteiger partial charge in [0, 0.05) is 13.8 Å². The molecular formula is C11H10N2O3. The summed E-state index contributed by atoms with van der Waals surface area (Å²) in [6.45, 7) is 2.66. The number of carbonyl (C=O) groups excluding carboxylic acids is 2. The SMILES string of the molecule is CC(=O)Oc1nc2ccccc2n1C(C)=O. The Hall–Kier alpha value is -2.17. The smallest absolute Gasteiger partial charge is 0.312 e. The van der Waals surface area contributed by atoms with Crippen LogP contribution in [-0.4, -0.2) is 21.4 Å². The minimum atomic E-state index is -0.502. The van der Waals surface area contributed by atoms with Gasteiger partial charge in [-0.2, -0.15) is 4.98 Å². The van der Waals surface area contributed by atoms with E-state index in [9.17, 15) is 9.59 Å². The van der Waals surface area contributed by atoms with E-state index in [1.165, 1.54) is 18.4 Å². The van der Waals surface area contributed by atoms with Gasteiger partial charge in [0.1, 0.15) is 0 Å². The van der Waals surface area contributed by atoms with Crippen molar-refractivity contribution in [2.75, 3.05) is 0 Å². The second kappa shape index (κ2) is 3.77. The number of aromatic nitrogens is 2. The van der Waals surface area contributed by atoms with E-state index in [2.05, 4.69) is 4.98 Å². The summed E-state index contributed by atoms with van der Waals surface area (Å²) >= 11 is 0. The summed E-state index contributed by atoms with van der Waals surface area (Å²) in [5.74, 6) is -0.747. The van der Waals surface area contributed by atoms with Crippen molar-refractivity contribution in [1.29, 1.82) is 0 Å². The fraction of sp³-hybridized carbons (Fsp3) is 0.182. The molecule has 5 nitrogen and oxygen atoms in total. The van der Waals surface area contributed by atoms with Crippen molar-refractivity contribution in [2.24, 2.45) is 0 Å². The Morgan fingerprint density at radius 1 is 1.25 bits per heavy atom. The first-order chi connectivity index (χ1) is 7.59. The van der Waals surface area contributed by atoms with Gasteiger partial charge in [-0.15, -0.1) is 0 Å². The molecule has 16 heavy (non-hydrogen) atoms. The summed E-state index contributed by atoms with van der Waals surface area (Å²) in [4.78, 5) is 26.4. The number of para-hydroxylation sites is 2. The molecule has 0 spiro atoms. The predicted octanol–water partition coefficient (Wildman–Crippen LogP) is 1.62. The maximum atomic E-state index is 11.5. The van der Waals surface area contributed by atoms with Gasteiger partial charge in [-0.1, -0.05) is 12.1 Å². The number of hydrogen-bond acceptors (Lipinski definition) is 4. The van der Waals surface area contributed by atoms with Gasteiger partial charge in [0.05, 0.1) is 11.0 Å². The van der Waals surface area contributed by atoms with Crippen LogP contribution in [0.5, 0.6) is 6.01 Å². The molecule has 1 aromatic heterocycles. The monoisotopic (exact) mass is 218 g/mol. The standard InChI is InChI=1S/C11H10N2O3/c1-7(14)13-10-6-4-3-5-9(10)12-11(13)16-8(2)15/h3-6H,1-2H3. The number of rotatable bonds is 1. The summed E-state index contributed by atoms with van der Waals surface area (Å²) in [5, 5.41) is 0. The molecule has 0 aliphatic carbocycles. The van der Waals surface area contributed by atoms with Crippen molar-refractivity contribution < 1.29 is 14.3 Å². The topological polar surface area (TPSA) is 61.2 Å². The number of fused-ring (bicyclic) bond motifs is 1. The number of imidazole rings is 1. The second-order valence-corrected chi connectivity index (χ2v) is 3.33. The van der Waals surface area contributed by atoms with E-state index in [1.807, 2.05) is 0 Å². The molecule has 1 heterocycles. The number of carbonyl (C=O) groups is 2. The van der Waals surface area contributed by atoms with Gasteiger partial charge in [0.2, 0.25) is 5.91 Å². The predicted molar refractivity (Wildman–Crippen MR) is 57.3 cm³/mol. The molecule has 0 amide bonds. The molecule has 0 aliphatic rings. The highest BCUT2D eigenvalue weighted by Gasteiger charge is 2.15. The van der Waals surface area contributed by atoms with Gasteiger partial charge in [0.25, 0.3) is 0 Å². The summed E-state index contributed by atoms with van der Waals surface area (Å²) < 4.78 is 6.16. The van der Waals surface area contributed by atoms with Crippen LogP contribution in [0.4, 0.5) is 0 Å². The molecule has 2 aromatic rings. The van der Waals surface area contributed by atoms with Crippen LogP contribution in [0.2, 0.25) is 0 Å². The summed E-state index contributed by atoms with van der Waals surface area (Å²) in [7, 11) is 0. The lowest BCUT2D eigenvalue weighted by Crippen LogP contribution is -2.12. The maximum Gasteiger partial charge on any atom is 0.312 e. The van der Waals surface area contributed by atoms with E-state index in [1.54, 1.807) is 24.3 Å². The van der Waals surface area contributed by atoms with E-state index in [-0.39, 0.29) is 11.9 Å². The number of esters is 1. The zero-order valence-corrected chi connectivity index (χ0v) is 8.93. The lowest BCUT2D eigenvalue weighted by atomic mass is 10.3. The van der Waals surface area contributed by atoms with Gasteiger partial charge in [0.15, 0.2) is 0 Å². The van der Waals surface area contributed by atoms with Gasteiger partial charge in [-0.05, 0) is 12.1 Å². The normalized spacial score (nSPS) is 10.4. The first kappa shape index (κ1) is 10.4. The molecule has 0 fully saturated rings. The summed E-state index contributed by atoms with van der Waals surface area (Å²) in [5.41, 5.74) is 1.25. The quantitative estimate of drug-likeness (QED) is 0.682. The van der Waals surface area contributed by atoms with Crippen molar-refractivity contribution >= 4 is 22.9 Å². The van der Waals surface area contributed by atoms with E-state index in [4.69, 9.17) is 4.74 Å². The molecule has 0 N–H and O–H groups in total. The number of benzene rings is 1. The molecule has 82 valence electrons. The highest BCUT2D eigenvalue weighted by molar-refractivity contribution is 5.91. The number of nitrogens with zero attached hydrogens (tertiary/aromatic N) is 2. The average molecular weight is 218 g/mol. The molecule has 0 radical (unpaired) electrons. The minimum Gasteiger partial charge on any atom is -0.392 e. The van der Waals surface area contributed by atoms with Crippen LogP contribution < -0.4 is 4.74 Å². The van der Waals surface area contributed by atoms with Crippen LogP contribution in [0.25, 0.3) is 11.0 Å². The zero-order chi connectivity index (χ0) is 11.7. The van der Waals surface area contributed by atoms with E-state index < -0.39 is 5.97 Å². The Morgan fingerprint density at radius 2 is 1.94 bits per heavy atom. The van der Waals surface area contributed by atoms with Crippen LogP contribution in [0.1, 0.15) is 18.6 Å². The molecule has 0 saturated carbocycles. The van der Waals surface area contributed by atoms with Gasteiger partial charge in [-0.25, -0.2) is 4.57 Å². The molecule has 0 saturated heterocycles. The van der Waals surface area contributed by atoms with Crippen molar-refractivity contribution in [3.8, 4) is 6.01 Å². The molecule has 5 heteroatoms. The van der Waals surface area contributed by atoms with Gasteiger partial charge < -0.3 is 4.74 Å². The average Bonchev–Trinajstić information content (AvgIpc) is 2.53. The van der Waals surface area contributed by atoms with Gasteiger partial charge in [-0.3, -0.25) is 9.59 Å². The van der Waals surface area contributed by atoms with E-state index in [0.717, 1.165) is 0 Å². The fourth-order valence-electron chi connectivity index (χ4n) is 1.51. The first-order valence-corrected chi connectivity index (χ1v) is 4.76. The molecular weight excluding hydrogens is 208 g/mol. The second-order valence-electron chi connectivity index (χ2n) is 3.33. The van der Waals surface area contributed by atoms with Crippen molar-refractivity contribution in [3.05, 3.63) is 24.3 Å². The number of hydrogen-bond donors (Lipinski definition) is 0. The molecule has 0 aliphatic heterocycles. The molecule has 1 aromatic carbocycles. The van der Waals surface area contributed by atoms with Crippen LogP contribution in [0.3, 0.4) is 0 Å². The van der Waals surface area contributed by atoms with Crippen LogP contribution >= 0.6 is 0 Å². The Balaban J connectivity index is 2.68. The Kier molecular flexibility index (Phi) is 2.44. The van der Waals surface area contributed by atoms with Crippen molar-refractivity contribution in [3.63, 3.8) is 0 Å². The highest BCUT2D eigenvalue weighted by Crippen LogP contribution is 2.20. The molecule has 0 atom stereocenters. The van der Waals surface area contributed by atoms with E-state index in [0.29, 0.717) is 11.0 Å². The third-order valence-corrected chi connectivity index (χ3v) is 2.08. The summed E-state index contributed by atoms with van der Waals surface area (Å²) in [6, 6.07) is 7.11. The lowest BCUT2D eigenvalue weighted by molar-refractivity contribution is -0.132.